The molecule has 3 heterocycles. The number of hydrogen-bond acceptors (Lipinski definition) is 9. The SMILES string of the molecule is CCCN(C)C(=O)Cn1c(=O)c2c(C)c(-n3nccn3)sc2n(CCc2cc(F)ccc2OC)c1=O.COCCO. The van der Waals surface area contributed by atoms with Gasteiger partial charge in [0, 0.05) is 32.8 Å². The standard InChI is InChI=1S/C24H27FN6O4S.C3H8O2/c1-5-11-28(3)19(32)14-30-21(33)20-15(2)22(31-26-9-10-27-31)36-23(20)29(24(30)34)12-8-16-13-17(25)6-7-18(16)35-4;1-5-3-2-4/h6-7,9-10,13H,5,8,11-12,14H2,1-4H3;4H,2-3H2,1H3. The van der Waals surface area contributed by atoms with Gasteiger partial charge < -0.3 is 19.5 Å². The molecule has 0 unspecified atom stereocenters. The van der Waals surface area contributed by atoms with Gasteiger partial charge in [0.25, 0.3) is 5.56 Å². The molecule has 0 aliphatic carbocycles. The molecule has 1 amide bonds. The maximum Gasteiger partial charge on any atom is 0.332 e. The van der Waals surface area contributed by atoms with Crippen LogP contribution >= 0.6 is 11.3 Å². The van der Waals surface area contributed by atoms with Crippen LogP contribution in [0.4, 0.5) is 4.39 Å². The van der Waals surface area contributed by atoms with Gasteiger partial charge in [0.05, 0.1) is 38.1 Å². The molecule has 3 aromatic heterocycles. The third kappa shape index (κ3) is 7.26. The number of hydrogen-bond donors (Lipinski definition) is 1. The van der Waals surface area contributed by atoms with E-state index in [9.17, 15) is 18.8 Å². The molecule has 0 aliphatic rings. The molecule has 0 bridgehead atoms. The van der Waals surface area contributed by atoms with Crippen molar-refractivity contribution in [3.8, 4) is 10.8 Å². The summed E-state index contributed by atoms with van der Waals surface area (Å²) in [6.07, 6.45) is 4.06. The minimum Gasteiger partial charge on any atom is -0.496 e. The molecule has 41 heavy (non-hydrogen) atoms. The van der Waals surface area contributed by atoms with Crippen LogP contribution in [0.3, 0.4) is 0 Å². The highest BCUT2D eigenvalue weighted by molar-refractivity contribution is 7.21. The zero-order valence-electron chi connectivity index (χ0n) is 23.8. The van der Waals surface area contributed by atoms with Crippen molar-refractivity contribution >= 4 is 27.5 Å². The van der Waals surface area contributed by atoms with Gasteiger partial charge >= 0.3 is 5.69 Å². The van der Waals surface area contributed by atoms with E-state index in [-0.39, 0.29) is 32.0 Å². The number of ether oxygens (including phenoxy) is 2. The van der Waals surface area contributed by atoms with E-state index in [2.05, 4.69) is 14.9 Å². The molecule has 4 rings (SSSR count). The Morgan fingerprint density at radius 2 is 1.88 bits per heavy atom. The summed E-state index contributed by atoms with van der Waals surface area (Å²) in [7, 11) is 4.68. The van der Waals surface area contributed by atoms with Crippen LogP contribution in [0, 0.1) is 12.7 Å². The molecule has 0 spiro atoms. The van der Waals surface area contributed by atoms with Gasteiger partial charge in [-0.25, -0.2) is 9.18 Å². The predicted octanol–water partition coefficient (Wildman–Crippen LogP) is 2.00. The third-order valence-corrected chi connectivity index (χ3v) is 7.57. The first-order valence-corrected chi connectivity index (χ1v) is 13.8. The number of aryl methyl sites for hydroxylation is 3. The number of amides is 1. The zero-order valence-corrected chi connectivity index (χ0v) is 24.6. The molecule has 14 heteroatoms. The fourth-order valence-corrected chi connectivity index (χ4v) is 5.45. The summed E-state index contributed by atoms with van der Waals surface area (Å²) >= 11 is 1.21. The minimum atomic E-state index is -0.609. The van der Waals surface area contributed by atoms with E-state index in [0.29, 0.717) is 45.2 Å². The molecule has 4 aromatic rings. The number of fused-ring (bicyclic) bond motifs is 1. The van der Waals surface area contributed by atoms with Crippen molar-refractivity contribution in [2.24, 2.45) is 0 Å². The quantitative estimate of drug-likeness (QED) is 0.281. The summed E-state index contributed by atoms with van der Waals surface area (Å²) in [6.45, 7) is 4.54. The summed E-state index contributed by atoms with van der Waals surface area (Å²) in [4.78, 5) is 43.2. The Balaban J connectivity index is 0.000000850. The molecule has 222 valence electrons. The number of benzene rings is 1. The number of halogens is 1. The number of carbonyl (C=O) groups excluding carboxylic acids is 1. The predicted molar refractivity (Wildman–Crippen MR) is 154 cm³/mol. The van der Waals surface area contributed by atoms with Gasteiger partial charge in [-0.05, 0) is 43.5 Å². The summed E-state index contributed by atoms with van der Waals surface area (Å²) in [5.41, 5.74) is 0.0371. The van der Waals surface area contributed by atoms with Crippen LogP contribution in [0.25, 0.3) is 15.2 Å². The van der Waals surface area contributed by atoms with Gasteiger partial charge in [0.1, 0.15) is 27.9 Å². The second kappa shape index (κ2) is 14.7. The molecule has 12 nitrogen and oxygen atoms in total. The lowest BCUT2D eigenvalue weighted by Crippen LogP contribution is -2.44. The molecule has 1 N–H and O–H groups in total. The second-order valence-electron chi connectivity index (χ2n) is 9.09. The highest BCUT2D eigenvalue weighted by atomic mass is 32.1. The fourth-order valence-electron chi connectivity index (χ4n) is 4.21. The highest BCUT2D eigenvalue weighted by Gasteiger charge is 2.23. The van der Waals surface area contributed by atoms with Crippen molar-refractivity contribution in [1.29, 1.82) is 0 Å². The second-order valence-corrected chi connectivity index (χ2v) is 10.1. The number of aliphatic hydroxyl groups excluding tert-OH is 1. The van der Waals surface area contributed by atoms with Crippen LogP contribution in [0.2, 0.25) is 0 Å². The number of carbonyl (C=O) groups is 1. The number of thiophene rings is 1. The Bertz CT molecular complexity index is 1580. The van der Waals surface area contributed by atoms with Crippen molar-refractivity contribution in [3.63, 3.8) is 0 Å². The smallest absolute Gasteiger partial charge is 0.332 e. The van der Waals surface area contributed by atoms with E-state index < -0.39 is 17.1 Å². The first-order chi connectivity index (χ1) is 19.7. The lowest BCUT2D eigenvalue weighted by molar-refractivity contribution is -0.130. The van der Waals surface area contributed by atoms with Crippen LogP contribution in [0.15, 0.2) is 40.2 Å². The fraction of sp³-hybridized carbons (Fsp3) is 0.444. The van der Waals surface area contributed by atoms with E-state index in [1.54, 1.807) is 21.1 Å². The molecular formula is C27H35FN6O6S. The molecule has 0 saturated heterocycles. The van der Waals surface area contributed by atoms with Crippen LogP contribution in [-0.4, -0.2) is 81.1 Å². The minimum absolute atomic E-state index is 0.122. The molecule has 1 aromatic carbocycles. The topological polar surface area (TPSA) is 134 Å². The summed E-state index contributed by atoms with van der Waals surface area (Å²) in [6, 6.07) is 4.19. The molecule has 0 atom stereocenters. The van der Waals surface area contributed by atoms with E-state index in [1.165, 1.54) is 63.3 Å². The number of aliphatic hydroxyl groups is 1. The van der Waals surface area contributed by atoms with E-state index in [1.807, 2.05) is 6.92 Å². The monoisotopic (exact) mass is 590 g/mol. The first kappa shape index (κ1) is 31.6. The normalized spacial score (nSPS) is 10.9. The van der Waals surface area contributed by atoms with Gasteiger partial charge in [-0.3, -0.25) is 18.7 Å². The molecule has 0 saturated carbocycles. The Kier molecular flexibility index (Phi) is 11.3. The van der Waals surface area contributed by atoms with Crippen molar-refractivity contribution in [3.05, 3.63) is 68.4 Å². The zero-order chi connectivity index (χ0) is 30.1. The lowest BCUT2D eigenvalue weighted by atomic mass is 10.1. The summed E-state index contributed by atoms with van der Waals surface area (Å²) in [5, 5.41) is 17.2. The van der Waals surface area contributed by atoms with Crippen LogP contribution in [0.5, 0.6) is 5.75 Å². The van der Waals surface area contributed by atoms with Gasteiger partial charge in [-0.15, -0.1) is 4.80 Å². The number of methoxy groups -OCH3 is 2. The van der Waals surface area contributed by atoms with Gasteiger partial charge in [0.2, 0.25) is 5.91 Å². The largest absolute Gasteiger partial charge is 0.496 e. The summed E-state index contributed by atoms with van der Waals surface area (Å²) in [5.74, 6) is -0.262. The summed E-state index contributed by atoms with van der Waals surface area (Å²) < 4.78 is 26.1. The van der Waals surface area contributed by atoms with Crippen molar-refractivity contribution in [1.82, 2.24) is 29.0 Å². The third-order valence-electron chi connectivity index (χ3n) is 6.29. The molecule has 0 aliphatic heterocycles. The number of nitrogens with zero attached hydrogens (tertiary/aromatic N) is 6. The molecule has 0 radical (unpaired) electrons. The van der Waals surface area contributed by atoms with Gasteiger partial charge in [0.15, 0.2) is 0 Å². The van der Waals surface area contributed by atoms with Crippen molar-refractivity contribution in [2.75, 3.05) is 41.0 Å². The number of aromatic nitrogens is 5. The van der Waals surface area contributed by atoms with Crippen LogP contribution < -0.4 is 16.0 Å². The molecule has 0 fully saturated rings. The Hall–Kier alpha value is -3.88. The number of likely N-dealkylation sites (N-methyl/N-ethyl adjacent to an activating group) is 1. The van der Waals surface area contributed by atoms with E-state index in [4.69, 9.17) is 9.84 Å². The first-order valence-electron chi connectivity index (χ1n) is 13.0. The van der Waals surface area contributed by atoms with Crippen molar-refractivity contribution in [2.45, 2.75) is 39.8 Å². The van der Waals surface area contributed by atoms with E-state index in [0.717, 1.165) is 11.0 Å². The maximum atomic E-state index is 13.9. The Morgan fingerprint density at radius 1 is 1.17 bits per heavy atom. The average molecular weight is 591 g/mol. The Morgan fingerprint density at radius 3 is 2.46 bits per heavy atom. The average Bonchev–Trinajstić information content (AvgIpc) is 3.60. The Labute approximate surface area is 240 Å². The van der Waals surface area contributed by atoms with Crippen molar-refractivity contribution < 1.29 is 23.8 Å². The van der Waals surface area contributed by atoms with Crippen LogP contribution in [0.1, 0.15) is 24.5 Å². The molecular weight excluding hydrogens is 555 g/mol. The number of rotatable bonds is 11. The highest BCUT2D eigenvalue weighted by Crippen LogP contribution is 2.30. The van der Waals surface area contributed by atoms with E-state index >= 15 is 0 Å². The lowest BCUT2D eigenvalue weighted by Gasteiger charge is -2.18. The van der Waals surface area contributed by atoms with Gasteiger partial charge in [-0.1, -0.05) is 18.3 Å². The van der Waals surface area contributed by atoms with Crippen LogP contribution in [-0.2, 0) is 29.0 Å². The van der Waals surface area contributed by atoms with Gasteiger partial charge in [-0.2, -0.15) is 10.2 Å². The maximum absolute atomic E-state index is 13.9.